The van der Waals surface area contributed by atoms with Gasteiger partial charge in [-0.3, -0.25) is 14.9 Å². The van der Waals surface area contributed by atoms with Gasteiger partial charge in [0, 0.05) is 23.7 Å². The van der Waals surface area contributed by atoms with Crippen molar-refractivity contribution in [3.05, 3.63) is 75.1 Å². The smallest absolute Gasteiger partial charge is 0.339 e. The molecule has 2 rings (SSSR count). The second-order valence-corrected chi connectivity index (χ2v) is 5.15. The van der Waals surface area contributed by atoms with E-state index in [1.165, 1.54) is 43.3 Å². The molecule has 0 aliphatic rings. The van der Waals surface area contributed by atoms with Crippen LogP contribution in [0.4, 0.5) is 10.1 Å². The van der Waals surface area contributed by atoms with E-state index in [0.717, 1.165) is 0 Å². The molecule has 130 valence electrons. The number of nitro benzene ring substituents is 1. The highest BCUT2D eigenvalue weighted by Crippen LogP contribution is 2.21. The molecule has 8 heteroatoms. The summed E-state index contributed by atoms with van der Waals surface area (Å²) < 4.78 is 18.3. The van der Waals surface area contributed by atoms with Gasteiger partial charge in [-0.15, -0.1) is 0 Å². The summed E-state index contributed by atoms with van der Waals surface area (Å²) in [5.41, 5.74) is 0.260. The molecule has 1 amide bonds. The van der Waals surface area contributed by atoms with Crippen LogP contribution in [-0.4, -0.2) is 23.4 Å². The molecule has 0 spiro atoms. The number of benzene rings is 2. The Morgan fingerprint density at radius 3 is 2.60 bits per heavy atom. The Kier molecular flexibility index (Phi) is 5.78. The first-order valence-electron chi connectivity index (χ1n) is 7.31. The molecular weight excluding hydrogens is 331 g/mol. The fraction of sp³-hybridized carbons (Fsp3) is 0.176. The van der Waals surface area contributed by atoms with Crippen LogP contribution in [0.25, 0.3) is 0 Å². The zero-order chi connectivity index (χ0) is 18.4. The lowest BCUT2D eigenvalue weighted by molar-refractivity contribution is -0.385. The number of amides is 1. The topological polar surface area (TPSA) is 98.5 Å². The van der Waals surface area contributed by atoms with Crippen LogP contribution in [0.3, 0.4) is 0 Å². The van der Waals surface area contributed by atoms with Gasteiger partial charge in [0.25, 0.3) is 11.6 Å². The molecule has 0 unspecified atom stereocenters. The molecule has 7 nitrogen and oxygen atoms in total. The lowest BCUT2D eigenvalue weighted by Crippen LogP contribution is -2.28. The summed E-state index contributed by atoms with van der Waals surface area (Å²) in [6, 6.07) is 9.97. The number of hydrogen-bond acceptors (Lipinski definition) is 5. The Hall–Kier alpha value is -3.29. The summed E-state index contributed by atoms with van der Waals surface area (Å²) >= 11 is 0. The number of halogens is 1. The van der Waals surface area contributed by atoms with Crippen molar-refractivity contribution in [1.82, 2.24) is 5.32 Å². The number of nitro groups is 1. The van der Waals surface area contributed by atoms with Gasteiger partial charge in [-0.1, -0.05) is 24.3 Å². The highest BCUT2D eigenvalue weighted by Gasteiger charge is 2.19. The quantitative estimate of drug-likeness (QED) is 0.492. The van der Waals surface area contributed by atoms with E-state index in [-0.39, 0.29) is 23.4 Å². The van der Waals surface area contributed by atoms with Gasteiger partial charge in [0.1, 0.15) is 5.82 Å². The second kappa shape index (κ2) is 8.00. The molecule has 0 bridgehead atoms. The van der Waals surface area contributed by atoms with Crippen molar-refractivity contribution < 1.29 is 23.6 Å². The second-order valence-electron chi connectivity index (χ2n) is 5.15. The molecule has 0 aliphatic carbocycles. The van der Waals surface area contributed by atoms with Crippen molar-refractivity contribution in [2.24, 2.45) is 0 Å². The van der Waals surface area contributed by atoms with E-state index in [2.05, 4.69) is 5.32 Å². The van der Waals surface area contributed by atoms with Crippen LogP contribution in [0.5, 0.6) is 0 Å². The Labute approximate surface area is 142 Å². The fourth-order valence-corrected chi connectivity index (χ4v) is 2.14. The molecule has 25 heavy (non-hydrogen) atoms. The largest absolute Gasteiger partial charge is 0.452 e. The van der Waals surface area contributed by atoms with E-state index in [4.69, 9.17) is 4.74 Å². The van der Waals surface area contributed by atoms with Crippen LogP contribution in [-0.2, 0) is 16.1 Å². The van der Waals surface area contributed by atoms with Gasteiger partial charge in [-0.05, 0) is 19.1 Å². The monoisotopic (exact) mass is 346 g/mol. The highest BCUT2D eigenvalue weighted by atomic mass is 19.1. The van der Waals surface area contributed by atoms with Crippen molar-refractivity contribution >= 4 is 17.6 Å². The van der Waals surface area contributed by atoms with Gasteiger partial charge in [0.2, 0.25) is 0 Å². The predicted octanol–water partition coefficient (Wildman–Crippen LogP) is 2.52. The average molecular weight is 346 g/mol. The van der Waals surface area contributed by atoms with E-state index >= 15 is 0 Å². The van der Waals surface area contributed by atoms with Crippen molar-refractivity contribution in [2.75, 3.05) is 6.61 Å². The molecule has 0 saturated heterocycles. The summed E-state index contributed by atoms with van der Waals surface area (Å²) in [4.78, 5) is 34.0. The van der Waals surface area contributed by atoms with E-state index in [1.54, 1.807) is 6.07 Å². The van der Waals surface area contributed by atoms with Crippen molar-refractivity contribution in [3.8, 4) is 0 Å². The van der Waals surface area contributed by atoms with Gasteiger partial charge >= 0.3 is 5.97 Å². The Bertz CT molecular complexity index is 822. The number of esters is 1. The van der Waals surface area contributed by atoms with E-state index in [9.17, 15) is 24.1 Å². The molecule has 0 atom stereocenters. The predicted molar refractivity (Wildman–Crippen MR) is 86.4 cm³/mol. The van der Waals surface area contributed by atoms with Gasteiger partial charge < -0.3 is 10.1 Å². The zero-order valence-electron chi connectivity index (χ0n) is 13.3. The Morgan fingerprint density at radius 1 is 1.20 bits per heavy atom. The summed E-state index contributed by atoms with van der Waals surface area (Å²) in [6.45, 7) is 0.807. The van der Waals surface area contributed by atoms with Gasteiger partial charge in [0.15, 0.2) is 6.61 Å². The van der Waals surface area contributed by atoms with Gasteiger partial charge in [-0.25, -0.2) is 9.18 Å². The average Bonchev–Trinajstić information content (AvgIpc) is 2.59. The normalized spacial score (nSPS) is 10.2. The summed E-state index contributed by atoms with van der Waals surface area (Å²) in [6.07, 6.45) is 0. The van der Waals surface area contributed by atoms with Crippen LogP contribution in [0.15, 0.2) is 42.5 Å². The molecule has 0 heterocycles. The van der Waals surface area contributed by atoms with Crippen LogP contribution in [0.1, 0.15) is 21.5 Å². The molecular formula is C17H15FN2O5. The molecule has 0 radical (unpaired) electrons. The molecule has 0 saturated carbocycles. The standard InChI is InChI=1S/C17H15FN2O5/c1-11-13(6-4-8-15(11)20(23)24)17(22)25-10-16(21)19-9-12-5-2-3-7-14(12)18/h2-8H,9-10H2,1H3,(H,19,21). The van der Waals surface area contributed by atoms with Crippen LogP contribution < -0.4 is 5.32 Å². The third kappa shape index (κ3) is 4.60. The maximum atomic E-state index is 13.4. The number of nitrogens with zero attached hydrogens (tertiary/aromatic N) is 1. The molecule has 2 aromatic carbocycles. The molecule has 0 fully saturated rings. The van der Waals surface area contributed by atoms with E-state index in [0.29, 0.717) is 5.56 Å². The van der Waals surface area contributed by atoms with Crippen molar-refractivity contribution in [1.29, 1.82) is 0 Å². The van der Waals surface area contributed by atoms with E-state index < -0.39 is 29.2 Å². The lowest BCUT2D eigenvalue weighted by Gasteiger charge is -2.08. The van der Waals surface area contributed by atoms with Crippen LogP contribution in [0.2, 0.25) is 0 Å². The first kappa shape index (κ1) is 18.1. The SMILES string of the molecule is Cc1c(C(=O)OCC(=O)NCc2ccccc2F)cccc1[N+](=O)[O-]. The number of nitrogens with one attached hydrogen (secondary N) is 1. The maximum Gasteiger partial charge on any atom is 0.339 e. The van der Waals surface area contributed by atoms with Gasteiger partial charge in [-0.2, -0.15) is 0 Å². The third-order valence-corrected chi connectivity index (χ3v) is 3.49. The zero-order valence-corrected chi connectivity index (χ0v) is 13.3. The molecule has 1 N–H and O–H groups in total. The summed E-state index contributed by atoms with van der Waals surface area (Å²) in [5.74, 6) is -1.91. The van der Waals surface area contributed by atoms with Gasteiger partial charge in [0.05, 0.1) is 10.5 Å². The Balaban J connectivity index is 1.92. The number of hydrogen-bond donors (Lipinski definition) is 1. The number of ether oxygens (including phenoxy) is 1. The minimum absolute atomic E-state index is 0.0103. The first-order chi connectivity index (χ1) is 11.9. The highest BCUT2D eigenvalue weighted by molar-refractivity contribution is 5.93. The fourth-order valence-electron chi connectivity index (χ4n) is 2.14. The van der Waals surface area contributed by atoms with Crippen LogP contribution in [0, 0.1) is 22.9 Å². The van der Waals surface area contributed by atoms with Crippen molar-refractivity contribution in [2.45, 2.75) is 13.5 Å². The lowest BCUT2D eigenvalue weighted by atomic mass is 10.1. The number of carbonyl (C=O) groups is 2. The Morgan fingerprint density at radius 2 is 1.92 bits per heavy atom. The number of rotatable bonds is 6. The minimum Gasteiger partial charge on any atom is -0.452 e. The summed E-state index contributed by atoms with van der Waals surface area (Å²) in [7, 11) is 0. The number of carbonyl (C=O) groups excluding carboxylic acids is 2. The molecule has 0 aliphatic heterocycles. The van der Waals surface area contributed by atoms with E-state index in [1.807, 2.05) is 0 Å². The third-order valence-electron chi connectivity index (χ3n) is 3.49. The maximum absolute atomic E-state index is 13.4. The summed E-state index contributed by atoms with van der Waals surface area (Å²) in [5, 5.41) is 13.3. The molecule has 0 aromatic heterocycles. The molecule has 2 aromatic rings. The first-order valence-corrected chi connectivity index (χ1v) is 7.31. The minimum atomic E-state index is -0.845. The van der Waals surface area contributed by atoms with Crippen molar-refractivity contribution in [3.63, 3.8) is 0 Å². The van der Waals surface area contributed by atoms with Crippen LogP contribution >= 0.6 is 0 Å².